The molecule has 1 saturated carbocycles. The highest BCUT2D eigenvalue weighted by Crippen LogP contribution is 2.60. The van der Waals surface area contributed by atoms with E-state index in [1.54, 1.807) is 14.0 Å². The van der Waals surface area contributed by atoms with Crippen molar-refractivity contribution in [2.24, 2.45) is 29.6 Å². The minimum absolute atomic E-state index is 0.00106. The van der Waals surface area contributed by atoms with Gasteiger partial charge in [-0.3, -0.25) is 0 Å². The highest BCUT2D eigenvalue weighted by atomic mass is 16.5. The number of hydrogen-bond donors (Lipinski definition) is 3. The van der Waals surface area contributed by atoms with Gasteiger partial charge in [0.05, 0.1) is 43.2 Å². The van der Waals surface area contributed by atoms with Crippen molar-refractivity contribution in [3.63, 3.8) is 0 Å². The van der Waals surface area contributed by atoms with E-state index in [0.717, 1.165) is 5.57 Å². The molecule has 6 nitrogen and oxygen atoms in total. The maximum Gasteiger partial charge on any atom is 0.102 e. The first-order chi connectivity index (χ1) is 13.7. The molecule has 0 aromatic heterocycles. The highest BCUT2D eigenvalue weighted by molar-refractivity contribution is 5.35. The van der Waals surface area contributed by atoms with Gasteiger partial charge in [-0.05, 0) is 25.8 Å². The van der Waals surface area contributed by atoms with Gasteiger partial charge in [-0.1, -0.05) is 32.1 Å². The van der Waals surface area contributed by atoms with Gasteiger partial charge >= 0.3 is 0 Å². The van der Waals surface area contributed by atoms with Gasteiger partial charge in [0.25, 0.3) is 0 Å². The molecule has 4 rings (SSSR count). The van der Waals surface area contributed by atoms with E-state index in [1.165, 1.54) is 0 Å². The highest BCUT2D eigenvalue weighted by Gasteiger charge is 2.67. The lowest BCUT2D eigenvalue weighted by Gasteiger charge is -2.48. The smallest absolute Gasteiger partial charge is 0.102 e. The fraction of sp³-hybridized carbons (Fsp3) is 0.826. The predicted molar refractivity (Wildman–Crippen MR) is 108 cm³/mol. The summed E-state index contributed by atoms with van der Waals surface area (Å²) < 4.78 is 18.5. The van der Waals surface area contributed by atoms with Crippen molar-refractivity contribution < 1.29 is 29.5 Å². The monoisotopic (exact) mass is 408 g/mol. The largest absolute Gasteiger partial charge is 0.392 e. The molecule has 2 heterocycles. The van der Waals surface area contributed by atoms with E-state index in [-0.39, 0.29) is 47.9 Å². The number of aliphatic hydroxyl groups is 3. The molecule has 3 N–H and O–H groups in total. The quantitative estimate of drug-likeness (QED) is 0.603. The molecule has 0 radical (unpaired) electrons. The molecule has 2 fully saturated rings. The van der Waals surface area contributed by atoms with Crippen molar-refractivity contribution in [1.82, 2.24) is 0 Å². The molecule has 2 aliphatic carbocycles. The molecule has 12 atom stereocenters. The molecule has 29 heavy (non-hydrogen) atoms. The second-order valence-electron chi connectivity index (χ2n) is 9.65. The maximum atomic E-state index is 11.2. The molecule has 164 valence electrons. The van der Waals surface area contributed by atoms with Crippen LogP contribution in [0.25, 0.3) is 0 Å². The summed E-state index contributed by atoms with van der Waals surface area (Å²) in [6.45, 7) is 8.15. The van der Waals surface area contributed by atoms with Crippen LogP contribution in [0.5, 0.6) is 0 Å². The summed E-state index contributed by atoms with van der Waals surface area (Å²) in [6, 6.07) is 0. The van der Waals surface area contributed by atoms with Crippen LogP contribution in [-0.4, -0.2) is 71.3 Å². The Morgan fingerprint density at radius 3 is 2.59 bits per heavy atom. The Labute approximate surface area is 173 Å². The molecular formula is C23H36O6. The zero-order chi connectivity index (χ0) is 21.1. The van der Waals surface area contributed by atoms with E-state index in [4.69, 9.17) is 14.2 Å². The molecule has 4 aliphatic rings. The number of rotatable bonds is 2. The van der Waals surface area contributed by atoms with Crippen LogP contribution < -0.4 is 0 Å². The van der Waals surface area contributed by atoms with Crippen LogP contribution in [-0.2, 0) is 14.2 Å². The van der Waals surface area contributed by atoms with Crippen molar-refractivity contribution in [3.8, 4) is 0 Å². The summed E-state index contributed by atoms with van der Waals surface area (Å²) in [7, 11) is 1.68. The first-order valence-corrected chi connectivity index (χ1v) is 11.0. The third kappa shape index (κ3) is 3.15. The van der Waals surface area contributed by atoms with Gasteiger partial charge < -0.3 is 29.5 Å². The van der Waals surface area contributed by atoms with E-state index in [9.17, 15) is 15.3 Å². The third-order valence-corrected chi connectivity index (χ3v) is 7.97. The number of methoxy groups -OCH3 is 1. The summed E-state index contributed by atoms with van der Waals surface area (Å²) in [5, 5.41) is 32.3. The van der Waals surface area contributed by atoms with Crippen LogP contribution in [0.3, 0.4) is 0 Å². The lowest BCUT2D eigenvalue weighted by atomic mass is 9.57. The second-order valence-corrected chi connectivity index (χ2v) is 9.65. The van der Waals surface area contributed by atoms with Crippen LogP contribution in [0, 0.1) is 29.6 Å². The number of hydrogen-bond acceptors (Lipinski definition) is 6. The molecular weight excluding hydrogens is 372 g/mol. The van der Waals surface area contributed by atoms with Crippen LogP contribution in [0.2, 0.25) is 0 Å². The molecule has 1 spiro atoms. The average Bonchev–Trinajstić information content (AvgIpc) is 2.88. The Kier molecular flexibility index (Phi) is 5.73. The fourth-order valence-corrected chi connectivity index (χ4v) is 6.43. The molecule has 2 aliphatic heterocycles. The van der Waals surface area contributed by atoms with E-state index in [2.05, 4.69) is 25.2 Å². The van der Waals surface area contributed by atoms with Gasteiger partial charge in [0.2, 0.25) is 0 Å². The third-order valence-electron chi connectivity index (χ3n) is 7.97. The Bertz CT molecular complexity index is 674. The maximum absolute atomic E-state index is 11.2. The standard InChI is InChI=1S/C23H36O6/c1-11-8-12(2)23-15(9-16(27-5)10-28-21(11)14(4)24)6-7-17-18(23)19(25)13(3)20(26)22(17)29-23/h6-8,11,13-22,24-26H,9-10H2,1-5H3. The van der Waals surface area contributed by atoms with Crippen molar-refractivity contribution in [2.75, 3.05) is 13.7 Å². The van der Waals surface area contributed by atoms with Crippen molar-refractivity contribution in [3.05, 3.63) is 23.8 Å². The normalized spacial score (nSPS) is 53.2. The minimum atomic E-state index is -0.693. The Morgan fingerprint density at radius 1 is 1.21 bits per heavy atom. The molecule has 12 unspecified atom stereocenters. The van der Waals surface area contributed by atoms with Crippen LogP contribution in [0.15, 0.2) is 23.8 Å². The van der Waals surface area contributed by atoms with Gasteiger partial charge in [-0.25, -0.2) is 0 Å². The molecule has 0 aromatic carbocycles. The Morgan fingerprint density at radius 2 is 1.93 bits per heavy atom. The van der Waals surface area contributed by atoms with Crippen LogP contribution in [0.4, 0.5) is 0 Å². The van der Waals surface area contributed by atoms with Gasteiger partial charge in [0.15, 0.2) is 0 Å². The van der Waals surface area contributed by atoms with Crippen molar-refractivity contribution in [1.29, 1.82) is 0 Å². The molecule has 6 heteroatoms. The molecule has 4 bridgehead atoms. The zero-order valence-electron chi connectivity index (χ0n) is 18.1. The number of ether oxygens (including phenoxy) is 3. The van der Waals surface area contributed by atoms with E-state index in [0.29, 0.717) is 13.0 Å². The van der Waals surface area contributed by atoms with Gasteiger partial charge in [-0.15, -0.1) is 0 Å². The second kappa shape index (κ2) is 7.74. The minimum Gasteiger partial charge on any atom is -0.392 e. The van der Waals surface area contributed by atoms with Gasteiger partial charge in [-0.2, -0.15) is 0 Å². The van der Waals surface area contributed by atoms with Crippen molar-refractivity contribution in [2.45, 2.75) is 76.3 Å². The van der Waals surface area contributed by atoms with Gasteiger partial charge in [0, 0.05) is 36.7 Å². The molecule has 0 aromatic rings. The molecule has 0 amide bonds. The van der Waals surface area contributed by atoms with Gasteiger partial charge in [0.1, 0.15) is 5.60 Å². The summed E-state index contributed by atoms with van der Waals surface area (Å²) in [5.41, 5.74) is 0.365. The fourth-order valence-electron chi connectivity index (χ4n) is 6.43. The summed E-state index contributed by atoms with van der Waals surface area (Å²) in [6.07, 6.45) is 4.39. The number of aliphatic hydroxyl groups excluding tert-OH is 3. The van der Waals surface area contributed by atoms with Crippen molar-refractivity contribution >= 4 is 0 Å². The predicted octanol–water partition coefficient (Wildman–Crippen LogP) is 1.68. The van der Waals surface area contributed by atoms with E-state index >= 15 is 0 Å². The Hall–Kier alpha value is -0.760. The van der Waals surface area contributed by atoms with Crippen LogP contribution in [0.1, 0.15) is 34.1 Å². The average molecular weight is 409 g/mol. The Balaban J connectivity index is 1.83. The first kappa shape index (κ1) is 21.5. The van der Waals surface area contributed by atoms with E-state index < -0.39 is 23.9 Å². The van der Waals surface area contributed by atoms with E-state index in [1.807, 2.05) is 13.8 Å². The topological polar surface area (TPSA) is 88.4 Å². The SMILES string of the molecule is COC1COC(C(C)O)C(C)C=C(C)C23OC4C(O)C(C)C(O)C2C4C=CC3C1. The zero-order valence-corrected chi connectivity index (χ0v) is 18.1. The summed E-state index contributed by atoms with van der Waals surface area (Å²) >= 11 is 0. The first-order valence-electron chi connectivity index (χ1n) is 11.0. The lowest BCUT2D eigenvalue weighted by molar-refractivity contribution is -0.115. The van der Waals surface area contributed by atoms with Crippen LogP contribution >= 0.6 is 0 Å². The lowest BCUT2D eigenvalue weighted by Crippen LogP contribution is -2.56. The summed E-state index contributed by atoms with van der Waals surface area (Å²) in [5.74, 6) is -0.360. The summed E-state index contributed by atoms with van der Waals surface area (Å²) in [4.78, 5) is 0. The molecule has 1 saturated heterocycles.